The van der Waals surface area contributed by atoms with E-state index in [4.69, 9.17) is 4.98 Å². The van der Waals surface area contributed by atoms with E-state index in [1.165, 1.54) is 15.7 Å². The summed E-state index contributed by atoms with van der Waals surface area (Å²) in [5, 5.41) is 1.05. The van der Waals surface area contributed by atoms with Gasteiger partial charge in [-0.3, -0.25) is 0 Å². The zero-order chi connectivity index (χ0) is 24.5. The molecular formula is C31H27IN4S. The van der Waals surface area contributed by atoms with Crippen LogP contribution in [0.4, 0.5) is 5.69 Å². The fraction of sp³-hybridized carbons (Fsp3) is 0.0968. The minimum Gasteiger partial charge on any atom is -1.00 e. The maximum atomic E-state index is 4.91. The van der Waals surface area contributed by atoms with Crippen molar-refractivity contribution in [3.05, 3.63) is 115 Å². The van der Waals surface area contributed by atoms with Gasteiger partial charge in [-0.15, -0.1) is 11.3 Å². The second kappa shape index (κ2) is 10.9. The normalized spacial score (nSPS) is 11.3. The number of rotatable bonds is 6. The number of aryl methyl sites for hydroxylation is 1. The van der Waals surface area contributed by atoms with E-state index in [1.807, 2.05) is 12.1 Å². The summed E-state index contributed by atoms with van der Waals surface area (Å²) in [6.07, 6.45) is 4.35. The van der Waals surface area contributed by atoms with Crippen LogP contribution in [0.25, 0.3) is 43.6 Å². The number of aromatic nitrogens is 3. The molecule has 2 aromatic heterocycles. The average Bonchev–Trinajstić information content (AvgIpc) is 3.51. The molecule has 0 radical (unpaired) electrons. The van der Waals surface area contributed by atoms with E-state index in [-0.39, 0.29) is 24.0 Å². The molecule has 0 saturated heterocycles. The summed E-state index contributed by atoms with van der Waals surface area (Å²) in [7, 11) is 2.09. The monoisotopic (exact) mass is 614 g/mol. The Morgan fingerprint density at radius 2 is 1.59 bits per heavy atom. The van der Waals surface area contributed by atoms with Crippen molar-refractivity contribution in [2.75, 3.05) is 11.9 Å². The van der Waals surface area contributed by atoms with Gasteiger partial charge in [-0.05, 0) is 61.5 Å². The quantitative estimate of drug-likeness (QED) is 0.206. The van der Waals surface area contributed by atoms with E-state index in [0.29, 0.717) is 0 Å². The zero-order valence-corrected chi connectivity index (χ0v) is 23.7. The van der Waals surface area contributed by atoms with Crippen molar-refractivity contribution in [2.24, 2.45) is 0 Å². The van der Waals surface area contributed by atoms with Crippen LogP contribution in [0, 0.1) is 0 Å². The number of benzene rings is 4. The number of thiazole rings is 1. The van der Waals surface area contributed by atoms with Crippen molar-refractivity contribution >= 4 is 44.4 Å². The Morgan fingerprint density at radius 1 is 0.892 bits per heavy atom. The predicted octanol–water partition coefficient (Wildman–Crippen LogP) is 4.33. The molecule has 6 rings (SSSR count). The molecule has 0 atom stereocenters. The molecule has 2 heterocycles. The highest BCUT2D eigenvalue weighted by Gasteiger charge is 2.25. The Labute approximate surface area is 238 Å². The summed E-state index contributed by atoms with van der Waals surface area (Å²) >= 11 is 1.74. The number of para-hydroxylation sites is 3. The minimum atomic E-state index is 0. The predicted molar refractivity (Wildman–Crippen MR) is 152 cm³/mol. The van der Waals surface area contributed by atoms with Crippen LogP contribution in [0.3, 0.4) is 0 Å². The third-order valence-electron chi connectivity index (χ3n) is 6.49. The molecule has 0 spiro atoms. The fourth-order valence-electron chi connectivity index (χ4n) is 4.70. The second-order valence-corrected chi connectivity index (χ2v) is 9.76. The minimum absolute atomic E-state index is 0. The molecule has 0 aliphatic rings. The van der Waals surface area contributed by atoms with Gasteiger partial charge < -0.3 is 28.9 Å². The van der Waals surface area contributed by atoms with Crippen molar-refractivity contribution in [2.45, 2.75) is 13.5 Å². The van der Waals surface area contributed by atoms with Crippen LogP contribution in [0.1, 0.15) is 12.7 Å². The van der Waals surface area contributed by atoms with Gasteiger partial charge in [0, 0.05) is 30.6 Å². The van der Waals surface area contributed by atoms with Crippen LogP contribution in [0.15, 0.2) is 109 Å². The lowest BCUT2D eigenvalue weighted by Crippen LogP contribution is -3.00. The van der Waals surface area contributed by atoms with Gasteiger partial charge in [0.05, 0.1) is 16.8 Å². The third kappa shape index (κ3) is 4.79. The number of anilines is 1. The van der Waals surface area contributed by atoms with Gasteiger partial charge in [-0.1, -0.05) is 48.5 Å². The summed E-state index contributed by atoms with van der Waals surface area (Å²) in [4.78, 5) is 7.06. The van der Waals surface area contributed by atoms with Gasteiger partial charge in [-0.25, -0.2) is 9.55 Å². The topological polar surface area (TPSA) is 24.9 Å². The van der Waals surface area contributed by atoms with Crippen LogP contribution >= 0.6 is 11.3 Å². The summed E-state index contributed by atoms with van der Waals surface area (Å²) in [5.41, 5.74) is 6.86. The lowest BCUT2D eigenvalue weighted by molar-refractivity contribution is -0.670. The molecule has 37 heavy (non-hydrogen) atoms. The molecule has 0 fully saturated rings. The molecule has 6 heteroatoms. The van der Waals surface area contributed by atoms with Crippen molar-refractivity contribution in [1.82, 2.24) is 9.55 Å². The molecule has 0 bridgehead atoms. The highest BCUT2D eigenvalue weighted by Crippen LogP contribution is 2.32. The summed E-state index contributed by atoms with van der Waals surface area (Å²) in [5.74, 6) is 1.13. The molecule has 4 aromatic carbocycles. The molecular weight excluding hydrogens is 587 g/mol. The Balaban J connectivity index is 0.00000280. The molecule has 0 unspecified atom stereocenters. The van der Waals surface area contributed by atoms with E-state index in [0.717, 1.165) is 39.8 Å². The molecule has 0 aliphatic carbocycles. The molecule has 6 aromatic rings. The first-order valence-electron chi connectivity index (χ1n) is 12.2. The van der Waals surface area contributed by atoms with Crippen molar-refractivity contribution < 1.29 is 28.5 Å². The molecule has 0 N–H and O–H groups in total. The molecule has 184 valence electrons. The Kier molecular flexibility index (Phi) is 7.39. The van der Waals surface area contributed by atoms with Crippen LogP contribution in [0.2, 0.25) is 0 Å². The van der Waals surface area contributed by atoms with Gasteiger partial charge in [0.15, 0.2) is 11.0 Å². The van der Waals surface area contributed by atoms with Gasteiger partial charge in [0.25, 0.3) is 5.82 Å². The van der Waals surface area contributed by atoms with Crippen LogP contribution in [-0.4, -0.2) is 16.6 Å². The van der Waals surface area contributed by atoms with E-state index in [2.05, 4.69) is 131 Å². The zero-order valence-electron chi connectivity index (χ0n) is 20.8. The van der Waals surface area contributed by atoms with E-state index >= 15 is 0 Å². The lowest BCUT2D eigenvalue weighted by atomic mass is 10.2. The van der Waals surface area contributed by atoms with Gasteiger partial charge >= 0.3 is 0 Å². The largest absolute Gasteiger partial charge is 1.00 e. The van der Waals surface area contributed by atoms with Crippen molar-refractivity contribution in [3.63, 3.8) is 0 Å². The Bertz CT molecular complexity index is 1650. The SMILES string of the molecule is CC[n+]1c(C=CN(C)c2ccccc2)n(-c2ccccc2)c2ccc(-c3nc4ccccc4s3)cc21.[I-]. The van der Waals surface area contributed by atoms with Crippen LogP contribution < -0.4 is 33.4 Å². The third-order valence-corrected chi connectivity index (χ3v) is 7.58. The molecule has 0 aliphatic heterocycles. The highest BCUT2D eigenvalue weighted by atomic mass is 127. The number of hydrogen-bond acceptors (Lipinski definition) is 3. The van der Waals surface area contributed by atoms with Gasteiger partial charge in [0.2, 0.25) is 0 Å². The Hall–Kier alpha value is -3.49. The van der Waals surface area contributed by atoms with Crippen LogP contribution in [0.5, 0.6) is 0 Å². The molecule has 0 amide bonds. The van der Waals surface area contributed by atoms with Crippen LogP contribution in [-0.2, 0) is 6.54 Å². The lowest BCUT2D eigenvalue weighted by Gasteiger charge is -2.13. The van der Waals surface area contributed by atoms with Crippen molar-refractivity contribution in [1.29, 1.82) is 0 Å². The number of hydrogen-bond donors (Lipinski definition) is 0. The smallest absolute Gasteiger partial charge is 0.289 e. The number of imidazole rings is 1. The first-order valence-corrected chi connectivity index (χ1v) is 13.0. The summed E-state index contributed by atoms with van der Waals surface area (Å²) in [6.45, 7) is 3.06. The van der Waals surface area contributed by atoms with Crippen molar-refractivity contribution in [3.8, 4) is 16.3 Å². The molecule has 4 nitrogen and oxygen atoms in total. The summed E-state index contributed by atoms with van der Waals surface area (Å²) in [6, 6.07) is 36.1. The fourth-order valence-corrected chi connectivity index (χ4v) is 5.66. The van der Waals surface area contributed by atoms with E-state index < -0.39 is 0 Å². The summed E-state index contributed by atoms with van der Waals surface area (Å²) < 4.78 is 5.94. The standard InChI is InChI=1S/C31H27N4S.HI/c1-3-34-28-22-23(31-32-26-16-10-11-17-29(26)36-31)18-19-27(28)35(25-14-8-5-9-15-25)30(34)20-21-33(2)24-12-6-4-7-13-24;/h4-22H,3H2,1-2H3;1H/q+1;/p-1. The number of halogens is 1. The number of fused-ring (bicyclic) bond motifs is 2. The maximum absolute atomic E-state index is 4.91. The highest BCUT2D eigenvalue weighted by molar-refractivity contribution is 7.21. The van der Waals surface area contributed by atoms with E-state index in [9.17, 15) is 0 Å². The first-order chi connectivity index (χ1) is 17.7. The Morgan fingerprint density at radius 3 is 2.32 bits per heavy atom. The van der Waals surface area contributed by atoms with Gasteiger partial charge in [-0.2, -0.15) is 4.57 Å². The maximum Gasteiger partial charge on any atom is 0.289 e. The first kappa shape index (κ1) is 25.2. The van der Waals surface area contributed by atoms with Gasteiger partial charge in [0.1, 0.15) is 10.7 Å². The average molecular weight is 615 g/mol. The van der Waals surface area contributed by atoms with E-state index in [1.54, 1.807) is 11.3 Å². The second-order valence-electron chi connectivity index (χ2n) is 8.73. The molecule has 0 saturated carbocycles. The number of nitrogens with zero attached hydrogens (tertiary/aromatic N) is 4.